The molecule has 0 aromatic heterocycles. The molecule has 2 amide bonds. The van der Waals surface area contributed by atoms with Crippen LogP contribution < -0.4 is 0 Å². The highest BCUT2D eigenvalue weighted by Crippen LogP contribution is 2.37. The molecule has 8 heteroatoms. The van der Waals surface area contributed by atoms with Crippen molar-refractivity contribution in [3.63, 3.8) is 0 Å². The molecule has 3 aliphatic rings. The summed E-state index contributed by atoms with van der Waals surface area (Å²) in [6.45, 7) is 0.460. The lowest BCUT2D eigenvalue weighted by Crippen LogP contribution is -2.47. The molecule has 2 saturated heterocycles. The zero-order valence-electron chi connectivity index (χ0n) is 16.6. The SMILES string of the molecule is O=C(O)C1CCCCN1C(=O)c1ccc(C=C2SC(=S)N(C3CCCC3)C2=O)cc1. The summed E-state index contributed by atoms with van der Waals surface area (Å²) in [5, 5.41) is 9.40. The van der Waals surface area contributed by atoms with Gasteiger partial charge in [-0.1, -0.05) is 49.0 Å². The normalized spacial score (nSPS) is 24.1. The maximum Gasteiger partial charge on any atom is 0.326 e. The molecule has 30 heavy (non-hydrogen) atoms. The molecular weight excluding hydrogens is 420 g/mol. The molecular formula is C22H24N2O4S2. The minimum absolute atomic E-state index is 0.0327. The van der Waals surface area contributed by atoms with Crippen molar-refractivity contribution in [2.24, 2.45) is 0 Å². The Morgan fingerprint density at radius 3 is 2.40 bits per heavy atom. The summed E-state index contributed by atoms with van der Waals surface area (Å²) in [5.74, 6) is -1.25. The molecule has 0 radical (unpaired) electrons. The number of piperidine rings is 1. The van der Waals surface area contributed by atoms with Gasteiger partial charge in [0.1, 0.15) is 10.4 Å². The summed E-state index contributed by atoms with van der Waals surface area (Å²) in [7, 11) is 0. The van der Waals surface area contributed by atoms with E-state index < -0.39 is 12.0 Å². The maximum absolute atomic E-state index is 12.8. The molecule has 1 aromatic rings. The van der Waals surface area contributed by atoms with Crippen LogP contribution in [-0.4, -0.2) is 55.6 Å². The molecule has 4 rings (SSSR count). The average molecular weight is 445 g/mol. The van der Waals surface area contributed by atoms with Gasteiger partial charge in [-0.2, -0.15) is 0 Å². The lowest BCUT2D eigenvalue weighted by molar-refractivity contribution is -0.143. The maximum atomic E-state index is 12.8. The van der Waals surface area contributed by atoms with E-state index in [4.69, 9.17) is 12.2 Å². The number of thioether (sulfide) groups is 1. The molecule has 158 valence electrons. The van der Waals surface area contributed by atoms with E-state index in [0.29, 0.717) is 27.8 Å². The van der Waals surface area contributed by atoms with Crippen LogP contribution in [0.5, 0.6) is 0 Å². The van der Waals surface area contributed by atoms with Crippen LogP contribution >= 0.6 is 24.0 Å². The third-order valence-corrected chi connectivity index (χ3v) is 7.35. The molecule has 0 bridgehead atoms. The first kappa shape index (κ1) is 21.1. The Balaban J connectivity index is 1.48. The van der Waals surface area contributed by atoms with Crippen molar-refractivity contribution in [3.05, 3.63) is 40.3 Å². The van der Waals surface area contributed by atoms with E-state index in [1.807, 2.05) is 6.08 Å². The van der Waals surface area contributed by atoms with Crippen LogP contribution in [0.1, 0.15) is 60.9 Å². The van der Waals surface area contributed by atoms with E-state index in [2.05, 4.69) is 0 Å². The van der Waals surface area contributed by atoms with Crippen LogP contribution in [0.2, 0.25) is 0 Å². The Bertz CT molecular complexity index is 906. The third kappa shape index (κ3) is 4.16. The number of carbonyl (C=O) groups excluding carboxylic acids is 2. The number of hydrogen-bond acceptors (Lipinski definition) is 5. The van der Waals surface area contributed by atoms with Gasteiger partial charge in [0.05, 0.1) is 4.91 Å². The zero-order chi connectivity index (χ0) is 21.3. The highest BCUT2D eigenvalue weighted by atomic mass is 32.2. The topological polar surface area (TPSA) is 77.9 Å². The van der Waals surface area contributed by atoms with Gasteiger partial charge in [-0.15, -0.1) is 0 Å². The van der Waals surface area contributed by atoms with E-state index in [-0.39, 0.29) is 17.9 Å². The van der Waals surface area contributed by atoms with Crippen molar-refractivity contribution >= 4 is 52.2 Å². The number of rotatable bonds is 4. The van der Waals surface area contributed by atoms with Gasteiger partial charge in [-0.05, 0) is 55.9 Å². The molecule has 1 saturated carbocycles. The number of aliphatic carboxylic acids is 1. The van der Waals surface area contributed by atoms with Gasteiger partial charge in [0.25, 0.3) is 11.8 Å². The molecule has 1 aromatic carbocycles. The van der Waals surface area contributed by atoms with E-state index >= 15 is 0 Å². The number of likely N-dealkylation sites (tertiary alicyclic amines) is 1. The number of hydrogen-bond donors (Lipinski definition) is 1. The summed E-state index contributed by atoms with van der Waals surface area (Å²) >= 11 is 6.76. The van der Waals surface area contributed by atoms with Crippen molar-refractivity contribution < 1.29 is 19.5 Å². The number of carboxylic acid groups (broad SMARTS) is 1. The quantitative estimate of drug-likeness (QED) is 0.560. The van der Waals surface area contributed by atoms with Gasteiger partial charge in [-0.3, -0.25) is 14.5 Å². The number of carbonyl (C=O) groups is 3. The Labute approximate surface area is 185 Å². The van der Waals surface area contributed by atoms with Crippen LogP contribution in [0.4, 0.5) is 0 Å². The summed E-state index contributed by atoms with van der Waals surface area (Å²) in [4.78, 5) is 40.9. The molecule has 2 aliphatic heterocycles. The van der Waals surface area contributed by atoms with Gasteiger partial charge >= 0.3 is 5.97 Å². The first-order chi connectivity index (χ1) is 14.5. The highest BCUT2D eigenvalue weighted by Gasteiger charge is 2.38. The Kier molecular flexibility index (Phi) is 6.24. The first-order valence-corrected chi connectivity index (χ1v) is 11.6. The second kappa shape index (κ2) is 8.89. The summed E-state index contributed by atoms with van der Waals surface area (Å²) < 4.78 is 0.620. The van der Waals surface area contributed by atoms with Gasteiger partial charge < -0.3 is 10.0 Å². The third-order valence-electron chi connectivity index (χ3n) is 6.02. The zero-order valence-corrected chi connectivity index (χ0v) is 18.2. The molecule has 0 spiro atoms. The summed E-state index contributed by atoms with van der Waals surface area (Å²) in [6, 6.07) is 6.42. The summed E-state index contributed by atoms with van der Waals surface area (Å²) in [5.41, 5.74) is 1.27. The monoisotopic (exact) mass is 444 g/mol. The fraction of sp³-hybridized carbons (Fsp3) is 0.455. The molecule has 1 N–H and O–H groups in total. The number of thiocarbonyl (C=S) groups is 1. The van der Waals surface area contributed by atoms with Crippen molar-refractivity contribution in [3.8, 4) is 0 Å². The standard InChI is InChI=1S/C22H24N2O4S2/c25-19(23-12-4-3-7-17(23)21(27)28)15-10-8-14(9-11-15)13-18-20(26)24(22(29)30-18)16-5-1-2-6-16/h8-11,13,16-17H,1-7,12H2,(H,27,28). The van der Waals surface area contributed by atoms with Crippen molar-refractivity contribution in [1.82, 2.24) is 9.80 Å². The van der Waals surface area contributed by atoms with Crippen molar-refractivity contribution in [2.75, 3.05) is 6.54 Å². The van der Waals surface area contributed by atoms with Crippen LogP contribution in [0, 0.1) is 0 Å². The minimum atomic E-state index is -0.955. The van der Waals surface area contributed by atoms with E-state index in [1.54, 1.807) is 29.2 Å². The van der Waals surface area contributed by atoms with E-state index in [0.717, 1.165) is 44.1 Å². The Hall–Kier alpha value is -2.19. The molecule has 1 atom stereocenters. The fourth-order valence-electron chi connectivity index (χ4n) is 4.43. The van der Waals surface area contributed by atoms with Crippen LogP contribution in [-0.2, 0) is 9.59 Å². The number of nitrogens with zero attached hydrogens (tertiary/aromatic N) is 2. The predicted octanol–water partition coefficient (Wildman–Crippen LogP) is 3.91. The Morgan fingerprint density at radius 2 is 1.73 bits per heavy atom. The second-order valence-electron chi connectivity index (χ2n) is 7.96. The average Bonchev–Trinajstić information content (AvgIpc) is 3.36. The predicted molar refractivity (Wildman–Crippen MR) is 120 cm³/mol. The molecule has 1 unspecified atom stereocenters. The van der Waals surface area contributed by atoms with Crippen LogP contribution in [0.15, 0.2) is 29.2 Å². The molecule has 2 heterocycles. The highest BCUT2D eigenvalue weighted by molar-refractivity contribution is 8.26. The van der Waals surface area contributed by atoms with Crippen molar-refractivity contribution in [1.29, 1.82) is 0 Å². The van der Waals surface area contributed by atoms with Gasteiger partial charge in [0.2, 0.25) is 0 Å². The number of amides is 2. The fourth-order valence-corrected chi connectivity index (χ4v) is 5.83. The van der Waals surface area contributed by atoms with E-state index in [9.17, 15) is 19.5 Å². The van der Waals surface area contributed by atoms with E-state index in [1.165, 1.54) is 16.7 Å². The van der Waals surface area contributed by atoms with Gasteiger partial charge in [0.15, 0.2) is 0 Å². The second-order valence-corrected chi connectivity index (χ2v) is 9.64. The first-order valence-electron chi connectivity index (χ1n) is 10.4. The van der Waals surface area contributed by atoms with Gasteiger partial charge in [0, 0.05) is 18.2 Å². The largest absolute Gasteiger partial charge is 0.480 e. The molecule has 1 aliphatic carbocycles. The Morgan fingerprint density at radius 1 is 1.07 bits per heavy atom. The van der Waals surface area contributed by atoms with Crippen molar-refractivity contribution in [2.45, 2.75) is 57.0 Å². The number of carboxylic acids is 1. The molecule has 6 nitrogen and oxygen atoms in total. The lowest BCUT2D eigenvalue weighted by Gasteiger charge is -2.33. The van der Waals surface area contributed by atoms with Crippen LogP contribution in [0.3, 0.4) is 0 Å². The number of benzene rings is 1. The van der Waals surface area contributed by atoms with Crippen LogP contribution in [0.25, 0.3) is 6.08 Å². The summed E-state index contributed by atoms with van der Waals surface area (Å²) in [6.07, 6.45) is 8.21. The lowest BCUT2D eigenvalue weighted by atomic mass is 10.0. The van der Waals surface area contributed by atoms with Gasteiger partial charge in [-0.25, -0.2) is 4.79 Å². The minimum Gasteiger partial charge on any atom is -0.480 e. The molecule has 3 fully saturated rings. The smallest absolute Gasteiger partial charge is 0.326 e.